The number of primary amides is 1. The first-order chi connectivity index (χ1) is 51.6. The van der Waals surface area contributed by atoms with Gasteiger partial charge in [0.2, 0.25) is 76.8 Å². The molecule has 2 rings (SSSR count). The lowest BCUT2D eigenvalue weighted by molar-refractivity contribution is -0.142. The number of carbonyl (C=O) groups is 14. The smallest absolute Gasteiger partial charge is 0.326 e. The van der Waals surface area contributed by atoms with Gasteiger partial charge in [-0.25, -0.2) is 4.79 Å². The third-order valence-electron chi connectivity index (χ3n) is 16.8. The molecule has 40 nitrogen and oxygen atoms in total. The van der Waals surface area contributed by atoms with Crippen molar-refractivity contribution in [3.63, 3.8) is 0 Å². The summed E-state index contributed by atoms with van der Waals surface area (Å²) in [4.78, 5) is 193. The third kappa shape index (κ3) is 34.9. The Morgan fingerprint density at radius 1 is 0.445 bits per heavy atom. The number of aliphatic hydroxyl groups is 2. The van der Waals surface area contributed by atoms with E-state index in [-0.39, 0.29) is 120 Å². The number of carboxylic acids is 1. The predicted octanol–water partition coefficient (Wildman–Crippen LogP) is -8.13. The van der Waals surface area contributed by atoms with Crippen molar-refractivity contribution >= 4 is 114 Å². The second-order valence-electron chi connectivity index (χ2n) is 27.3. The summed E-state index contributed by atoms with van der Waals surface area (Å²) < 4.78 is -1.50. The van der Waals surface area contributed by atoms with Gasteiger partial charge in [-0.2, -0.15) is 25.3 Å². The Hall–Kier alpha value is -9.69. The number of carboxylic acid groups (broad SMARTS) is 1. The fourth-order valence-electron chi connectivity index (χ4n) is 10.7. The van der Waals surface area contributed by atoms with Crippen molar-refractivity contribution in [3.05, 3.63) is 59.7 Å². The third-order valence-corrected chi connectivity index (χ3v) is 17.4. The lowest BCUT2D eigenvalue weighted by Crippen LogP contribution is -2.64. The zero-order valence-corrected chi connectivity index (χ0v) is 64.3. The first-order valence-corrected chi connectivity index (χ1v) is 36.7. The summed E-state index contributed by atoms with van der Waals surface area (Å²) in [5.41, 5.74) is 41.2. The number of unbranched alkanes of at least 4 members (excludes halogenated alkanes) is 1. The number of phenolic OH excluding ortho intramolecular Hbond substituents is 2. The number of thiol groups is 2. The molecule has 0 aliphatic heterocycles. The van der Waals surface area contributed by atoms with Gasteiger partial charge in [0.25, 0.3) is 0 Å². The number of guanidine groups is 1. The number of phenols is 2. The molecule has 0 aliphatic carbocycles. The van der Waals surface area contributed by atoms with Crippen LogP contribution in [0.3, 0.4) is 0 Å². The fraction of sp³-hybridized carbons (Fsp3) is 0.603. The van der Waals surface area contributed by atoms with Gasteiger partial charge in [0.1, 0.15) is 90.0 Å². The summed E-state index contributed by atoms with van der Waals surface area (Å²) in [6.45, 7) is 7.98. The lowest BCUT2D eigenvalue weighted by Gasteiger charge is -2.33. The number of nitrogens with two attached hydrogens (primary N) is 7. The van der Waals surface area contributed by atoms with Crippen LogP contribution in [0.15, 0.2) is 48.5 Å². The molecule has 2 aromatic rings. The van der Waals surface area contributed by atoms with Crippen LogP contribution in [0, 0.1) is 11.3 Å². The standard InChI is InChI=1S/C68H113N21O19S2/c1-33(2)28-45(59(100)86-48(66(107)108)30-37-14-18-39(93)19-15-37)83-57(98)42(20-24-70)81-62(103)49(32-109)87-55(96)40(10-7-8-23-69)78-56(97)43(21-25-71)82-64(105)52(35(4)91)88-58(99)44(22-26-72)80-54(95)41(11-9-27-77-67(75)76)79-60(101)47(31-50(73)94)85-65(106)53(68(5,6)110)89-61(102)46(84-63(104)51(74)34(3)90)29-36-12-16-38(92)17-13-36/h12-19,33-35,40-49,51-53,90-93,109-110H,7-11,20-32,69-72,74H2,1-6H3,(H2,73,94)(H,78,97)(H,79,101)(H,80,95)(H,81,103)(H,82,105)(H,83,98)(H,84,104)(H,85,106)(H,86,100)(H,87,96)(H,88,99)(H,89,102)(H,107,108)(H4,75,76,77)/t34-,35-,40+,41+,42+,43-,44+,45+,46+,47+,48+,49+,51+,52+,53-/m1/s1. The van der Waals surface area contributed by atoms with Crippen LogP contribution in [0.2, 0.25) is 0 Å². The SMILES string of the molecule is CC(C)C[C@H](NC(=O)[C@H](CCN)NC(=O)[C@H](CS)NC(=O)[C@H](CCCCN)NC(=O)[C@@H](CCN)NC(=O)[C@@H](NC(=O)[C@H](CCN)NC(=O)[C@H](CCCNC(=N)N)NC(=O)[C@H](CC(N)=O)NC(=O)[C@@H](NC(=O)[C@H](Cc1ccc(O)cc1)NC(=O)[C@@H](N)[C@@H](C)O)C(C)(C)S)[C@@H](C)O)C(=O)N[C@@H](Cc1ccc(O)cc1)C(=O)O. The Kier molecular flexibility index (Phi) is 42.7. The Balaban J connectivity index is 2.42. The van der Waals surface area contributed by atoms with E-state index in [4.69, 9.17) is 45.5 Å². The second kappa shape index (κ2) is 48.8. The van der Waals surface area contributed by atoms with Gasteiger partial charge in [0.05, 0.1) is 18.6 Å². The van der Waals surface area contributed by atoms with Gasteiger partial charge in [0, 0.05) is 29.9 Å². The van der Waals surface area contributed by atoms with Gasteiger partial charge in [-0.05, 0) is 153 Å². The van der Waals surface area contributed by atoms with E-state index < -0.39 is 191 Å². The summed E-state index contributed by atoms with van der Waals surface area (Å²) in [5, 5.41) is 90.1. The Bertz CT molecular complexity index is 3410. The molecule has 33 N–H and O–H groups in total. The molecular weight excluding hydrogens is 1480 g/mol. The number of rotatable bonds is 51. The first kappa shape index (κ1) is 96.4. The quantitative estimate of drug-likeness (QED) is 0.0127. The molecule has 15 atom stereocenters. The number of carbonyl (C=O) groups excluding carboxylic acids is 13. The van der Waals surface area contributed by atoms with Crippen molar-refractivity contribution in [2.24, 2.45) is 46.1 Å². The average molecular weight is 1590 g/mol. The molecule has 0 fully saturated rings. The van der Waals surface area contributed by atoms with Crippen molar-refractivity contribution in [2.45, 2.75) is 214 Å². The van der Waals surface area contributed by atoms with E-state index >= 15 is 0 Å². The molecule has 0 radical (unpaired) electrons. The van der Waals surface area contributed by atoms with E-state index in [9.17, 15) is 92.7 Å². The van der Waals surface area contributed by atoms with Crippen LogP contribution in [-0.4, -0.2) is 248 Å². The molecule has 2 aromatic carbocycles. The van der Waals surface area contributed by atoms with Crippen molar-refractivity contribution in [1.82, 2.24) is 69.1 Å². The molecule has 110 heavy (non-hydrogen) atoms. The van der Waals surface area contributed by atoms with Crippen molar-refractivity contribution < 1.29 is 92.7 Å². The number of hydrogen-bond acceptors (Lipinski definition) is 26. The normalized spacial score (nSPS) is 15.4. The Morgan fingerprint density at radius 2 is 0.809 bits per heavy atom. The molecule has 0 unspecified atom stereocenters. The van der Waals surface area contributed by atoms with Crippen LogP contribution in [0.4, 0.5) is 0 Å². The molecule has 0 heterocycles. The summed E-state index contributed by atoms with van der Waals surface area (Å²) in [7, 11) is 0. The van der Waals surface area contributed by atoms with E-state index in [2.05, 4.69) is 94.4 Å². The topological polar surface area (TPSA) is 703 Å². The monoisotopic (exact) mass is 1590 g/mol. The molecule has 0 aliphatic rings. The Morgan fingerprint density at radius 3 is 1.21 bits per heavy atom. The van der Waals surface area contributed by atoms with Crippen LogP contribution in [0.25, 0.3) is 0 Å². The molecule has 0 bridgehead atoms. The number of aromatic hydroxyl groups is 2. The zero-order valence-electron chi connectivity index (χ0n) is 62.5. The highest BCUT2D eigenvalue weighted by molar-refractivity contribution is 7.81. The maximum Gasteiger partial charge on any atom is 0.326 e. The highest BCUT2D eigenvalue weighted by Crippen LogP contribution is 2.21. The molecular formula is C68H113N21O19S2. The van der Waals surface area contributed by atoms with E-state index in [1.165, 1.54) is 69.3 Å². The van der Waals surface area contributed by atoms with Gasteiger partial charge in [-0.15, -0.1) is 0 Å². The number of benzene rings is 2. The molecule has 42 heteroatoms. The van der Waals surface area contributed by atoms with Crippen LogP contribution in [-0.2, 0) is 80.0 Å². The van der Waals surface area contributed by atoms with Crippen molar-refractivity contribution in [1.29, 1.82) is 5.41 Å². The number of amides is 13. The average Bonchev–Trinajstić information content (AvgIpc) is 0.828. The predicted molar refractivity (Wildman–Crippen MR) is 409 cm³/mol. The van der Waals surface area contributed by atoms with Crippen LogP contribution >= 0.6 is 25.3 Å². The van der Waals surface area contributed by atoms with Crippen molar-refractivity contribution in [3.8, 4) is 11.5 Å². The molecule has 13 amide bonds. The minimum absolute atomic E-state index is 0.0255. The van der Waals surface area contributed by atoms with E-state index in [1.54, 1.807) is 13.8 Å². The summed E-state index contributed by atoms with van der Waals surface area (Å²) in [5.74, 6) is -16.2. The van der Waals surface area contributed by atoms with Gasteiger partial charge in [0.15, 0.2) is 5.96 Å². The molecule has 616 valence electrons. The van der Waals surface area contributed by atoms with Gasteiger partial charge < -0.3 is 135 Å². The van der Waals surface area contributed by atoms with Gasteiger partial charge in [-0.3, -0.25) is 67.7 Å². The summed E-state index contributed by atoms with van der Waals surface area (Å²) in [6, 6.07) is -9.41. The molecule has 0 aromatic heterocycles. The van der Waals surface area contributed by atoms with Crippen LogP contribution in [0.5, 0.6) is 11.5 Å². The largest absolute Gasteiger partial charge is 0.508 e. The molecule has 0 saturated heterocycles. The Labute approximate surface area is 648 Å². The van der Waals surface area contributed by atoms with E-state index in [1.807, 2.05) is 0 Å². The molecule has 0 spiro atoms. The highest BCUT2D eigenvalue weighted by atomic mass is 32.1. The number of hydrogen-bond donors (Lipinski definition) is 28. The lowest BCUT2D eigenvalue weighted by atomic mass is 9.99. The maximum atomic E-state index is 14.4. The number of aliphatic carboxylic acids is 1. The second-order valence-corrected chi connectivity index (χ2v) is 28.8. The highest BCUT2D eigenvalue weighted by Gasteiger charge is 2.41. The van der Waals surface area contributed by atoms with Gasteiger partial charge in [-0.1, -0.05) is 38.1 Å². The zero-order chi connectivity index (χ0) is 83.3. The minimum Gasteiger partial charge on any atom is -0.508 e. The van der Waals surface area contributed by atoms with E-state index in [0.29, 0.717) is 17.5 Å². The number of aliphatic hydroxyl groups excluding tert-OH is 2. The van der Waals surface area contributed by atoms with Gasteiger partial charge >= 0.3 is 5.97 Å². The summed E-state index contributed by atoms with van der Waals surface area (Å²) >= 11 is 8.78. The summed E-state index contributed by atoms with van der Waals surface area (Å²) in [6.07, 6.45) is -5.17. The maximum absolute atomic E-state index is 14.4. The first-order valence-electron chi connectivity index (χ1n) is 35.7. The fourth-order valence-corrected chi connectivity index (χ4v) is 11.1. The molecule has 0 saturated carbocycles. The van der Waals surface area contributed by atoms with E-state index in [0.717, 1.165) is 6.92 Å². The minimum atomic E-state index is -1.92. The van der Waals surface area contributed by atoms with Crippen LogP contribution in [0.1, 0.15) is 117 Å². The number of nitrogens with one attached hydrogen (secondary N) is 14. The van der Waals surface area contributed by atoms with Crippen molar-refractivity contribution in [2.75, 3.05) is 38.5 Å². The van der Waals surface area contributed by atoms with Crippen LogP contribution < -0.4 is 109 Å².